The van der Waals surface area contributed by atoms with Gasteiger partial charge in [-0.3, -0.25) is 4.68 Å². The smallest absolute Gasteiger partial charge is 0.128 e. The second-order valence-corrected chi connectivity index (χ2v) is 4.17. The maximum Gasteiger partial charge on any atom is 0.128 e. The first kappa shape index (κ1) is 10.4. The van der Waals surface area contributed by atoms with Crippen LogP contribution in [0, 0.1) is 0 Å². The average Bonchev–Trinajstić information content (AvgIpc) is 2.75. The molecule has 0 radical (unpaired) electrons. The molecule has 1 aromatic carbocycles. The standard InChI is InChI=1S/C13H15N3O/c1-17-13-5-3-2-4-11(13)12-6-7-15-16(12)10-8-14-9-10/h2-7,10,14H,8-9H2,1H3. The molecular formula is C13H15N3O. The largest absolute Gasteiger partial charge is 0.496 e. The highest BCUT2D eigenvalue weighted by molar-refractivity contribution is 5.67. The van der Waals surface area contributed by atoms with Gasteiger partial charge in [-0.25, -0.2) is 0 Å². The molecule has 2 aromatic rings. The quantitative estimate of drug-likeness (QED) is 0.870. The highest BCUT2D eigenvalue weighted by Crippen LogP contribution is 2.31. The summed E-state index contributed by atoms with van der Waals surface area (Å²) in [6.45, 7) is 1.98. The van der Waals surface area contributed by atoms with Crippen molar-refractivity contribution in [1.29, 1.82) is 0 Å². The van der Waals surface area contributed by atoms with Crippen LogP contribution in [0.15, 0.2) is 36.5 Å². The van der Waals surface area contributed by atoms with Crippen LogP contribution >= 0.6 is 0 Å². The number of ether oxygens (including phenoxy) is 1. The zero-order valence-electron chi connectivity index (χ0n) is 9.76. The highest BCUT2D eigenvalue weighted by atomic mass is 16.5. The molecule has 4 nitrogen and oxygen atoms in total. The third kappa shape index (κ3) is 1.70. The van der Waals surface area contributed by atoms with E-state index in [1.54, 1.807) is 7.11 Å². The van der Waals surface area contributed by atoms with Gasteiger partial charge in [0, 0.05) is 24.8 Å². The molecule has 4 heteroatoms. The molecular weight excluding hydrogens is 214 g/mol. The van der Waals surface area contributed by atoms with Crippen molar-refractivity contribution in [2.45, 2.75) is 6.04 Å². The Hall–Kier alpha value is -1.81. The number of para-hydroxylation sites is 1. The van der Waals surface area contributed by atoms with Crippen LogP contribution in [0.5, 0.6) is 5.75 Å². The minimum absolute atomic E-state index is 0.463. The lowest BCUT2D eigenvalue weighted by molar-refractivity contribution is 0.320. The van der Waals surface area contributed by atoms with Gasteiger partial charge in [0.05, 0.1) is 18.8 Å². The Balaban J connectivity index is 2.05. The first-order valence-corrected chi connectivity index (χ1v) is 5.78. The minimum Gasteiger partial charge on any atom is -0.496 e. The lowest BCUT2D eigenvalue weighted by Crippen LogP contribution is -2.44. The summed E-state index contributed by atoms with van der Waals surface area (Å²) in [5.74, 6) is 0.890. The van der Waals surface area contributed by atoms with Crippen LogP contribution in [0.1, 0.15) is 6.04 Å². The lowest BCUT2D eigenvalue weighted by atomic mass is 10.1. The summed E-state index contributed by atoms with van der Waals surface area (Å²) in [6, 6.07) is 10.5. The number of benzene rings is 1. The second-order valence-electron chi connectivity index (χ2n) is 4.17. The molecule has 88 valence electrons. The van der Waals surface area contributed by atoms with E-state index in [4.69, 9.17) is 4.74 Å². The fraction of sp³-hybridized carbons (Fsp3) is 0.308. The second kappa shape index (κ2) is 4.22. The molecule has 0 bridgehead atoms. The molecule has 17 heavy (non-hydrogen) atoms. The molecule has 1 saturated heterocycles. The summed E-state index contributed by atoms with van der Waals surface area (Å²) in [4.78, 5) is 0. The van der Waals surface area contributed by atoms with Crippen molar-refractivity contribution in [3.63, 3.8) is 0 Å². The van der Waals surface area contributed by atoms with E-state index in [-0.39, 0.29) is 0 Å². The van der Waals surface area contributed by atoms with Crippen LogP contribution < -0.4 is 10.1 Å². The lowest BCUT2D eigenvalue weighted by Gasteiger charge is -2.29. The predicted molar refractivity (Wildman–Crippen MR) is 66.1 cm³/mol. The molecule has 2 heterocycles. The summed E-state index contributed by atoms with van der Waals surface area (Å²) in [5.41, 5.74) is 2.22. The zero-order chi connectivity index (χ0) is 11.7. The summed E-state index contributed by atoms with van der Waals surface area (Å²) in [7, 11) is 1.70. The Morgan fingerprint density at radius 2 is 2.12 bits per heavy atom. The van der Waals surface area contributed by atoms with Gasteiger partial charge in [-0.05, 0) is 18.2 Å². The predicted octanol–water partition coefficient (Wildman–Crippen LogP) is 1.70. The summed E-state index contributed by atoms with van der Waals surface area (Å²) < 4.78 is 7.48. The van der Waals surface area contributed by atoms with E-state index >= 15 is 0 Å². The Bertz CT molecular complexity index is 517. The van der Waals surface area contributed by atoms with Gasteiger partial charge < -0.3 is 10.1 Å². The highest BCUT2D eigenvalue weighted by Gasteiger charge is 2.22. The van der Waals surface area contributed by atoms with Gasteiger partial charge in [0.1, 0.15) is 5.75 Å². The normalized spacial score (nSPS) is 15.6. The third-order valence-electron chi connectivity index (χ3n) is 3.16. The Labute approximate surface area is 100 Å². The Morgan fingerprint density at radius 3 is 2.82 bits per heavy atom. The maximum atomic E-state index is 5.40. The van der Waals surface area contributed by atoms with Gasteiger partial charge in [0.2, 0.25) is 0 Å². The molecule has 1 aromatic heterocycles. The number of nitrogens with zero attached hydrogens (tertiary/aromatic N) is 2. The van der Waals surface area contributed by atoms with Crippen molar-refractivity contribution in [2.24, 2.45) is 0 Å². The molecule has 1 N–H and O–H groups in total. The monoisotopic (exact) mass is 229 g/mol. The maximum absolute atomic E-state index is 5.40. The van der Waals surface area contributed by atoms with E-state index in [0.29, 0.717) is 6.04 Å². The van der Waals surface area contributed by atoms with Gasteiger partial charge in [-0.15, -0.1) is 0 Å². The molecule has 0 atom stereocenters. The van der Waals surface area contributed by atoms with E-state index in [2.05, 4.69) is 21.2 Å². The first-order chi connectivity index (χ1) is 8.40. The number of rotatable bonds is 3. The molecule has 1 fully saturated rings. The summed E-state index contributed by atoms with van der Waals surface area (Å²) in [6.07, 6.45) is 1.85. The molecule has 1 aliphatic rings. The number of hydrogen-bond donors (Lipinski definition) is 1. The molecule has 0 aliphatic carbocycles. The van der Waals surface area contributed by atoms with Gasteiger partial charge in [-0.1, -0.05) is 12.1 Å². The molecule has 0 amide bonds. The van der Waals surface area contributed by atoms with Crippen molar-refractivity contribution < 1.29 is 4.74 Å². The van der Waals surface area contributed by atoms with Crippen molar-refractivity contribution in [3.8, 4) is 17.0 Å². The molecule has 0 unspecified atom stereocenters. The Kier molecular flexibility index (Phi) is 2.57. The number of hydrogen-bond acceptors (Lipinski definition) is 3. The van der Waals surface area contributed by atoms with Gasteiger partial charge in [0.15, 0.2) is 0 Å². The van der Waals surface area contributed by atoms with Gasteiger partial charge in [0.25, 0.3) is 0 Å². The van der Waals surface area contributed by atoms with Gasteiger partial charge >= 0.3 is 0 Å². The van der Waals surface area contributed by atoms with Crippen molar-refractivity contribution in [3.05, 3.63) is 36.5 Å². The van der Waals surface area contributed by atoms with E-state index < -0.39 is 0 Å². The first-order valence-electron chi connectivity index (χ1n) is 5.78. The summed E-state index contributed by atoms with van der Waals surface area (Å²) in [5, 5.41) is 7.68. The summed E-state index contributed by atoms with van der Waals surface area (Å²) >= 11 is 0. The van der Waals surface area contributed by atoms with Crippen LogP contribution in [0.2, 0.25) is 0 Å². The van der Waals surface area contributed by atoms with Crippen molar-refractivity contribution in [1.82, 2.24) is 15.1 Å². The van der Waals surface area contributed by atoms with Crippen molar-refractivity contribution in [2.75, 3.05) is 20.2 Å². The number of nitrogens with one attached hydrogen (secondary N) is 1. The molecule has 1 aliphatic heterocycles. The third-order valence-corrected chi connectivity index (χ3v) is 3.16. The van der Waals surface area contributed by atoms with Crippen LogP contribution in [0.25, 0.3) is 11.3 Å². The van der Waals surface area contributed by atoms with Crippen molar-refractivity contribution >= 4 is 0 Å². The van der Waals surface area contributed by atoms with Crippen LogP contribution in [-0.2, 0) is 0 Å². The van der Waals surface area contributed by atoms with E-state index in [1.165, 1.54) is 0 Å². The van der Waals surface area contributed by atoms with E-state index in [1.807, 2.05) is 30.5 Å². The fourth-order valence-electron chi connectivity index (χ4n) is 2.12. The molecule has 0 spiro atoms. The van der Waals surface area contributed by atoms with E-state index in [0.717, 1.165) is 30.1 Å². The van der Waals surface area contributed by atoms with Crippen LogP contribution in [0.3, 0.4) is 0 Å². The molecule has 3 rings (SSSR count). The average molecular weight is 229 g/mol. The SMILES string of the molecule is COc1ccccc1-c1ccnn1C1CNC1. The molecule has 0 saturated carbocycles. The Morgan fingerprint density at radius 1 is 1.29 bits per heavy atom. The fourth-order valence-corrected chi connectivity index (χ4v) is 2.12. The van der Waals surface area contributed by atoms with Crippen LogP contribution in [-0.4, -0.2) is 30.0 Å². The van der Waals surface area contributed by atoms with E-state index in [9.17, 15) is 0 Å². The number of methoxy groups -OCH3 is 1. The van der Waals surface area contributed by atoms with Gasteiger partial charge in [-0.2, -0.15) is 5.10 Å². The topological polar surface area (TPSA) is 39.1 Å². The number of aromatic nitrogens is 2. The zero-order valence-corrected chi connectivity index (χ0v) is 9.76. The van der Waals surface area contributed by atoms with Crippen LogP contribution in [0.4, 0.5) is 0 Å². The minimum atomic E-state index is 0.463.